The Kier molecular flexibility index (Phi) is 52.9. The molecule has 0 radical (unpaired) electrons. The van der Waals surface area contributed by atoms with Crippen LogP contribution in [0.25, 0.3) is 0 Å². The fourth-order valence-electron chi connectivity index (χ4n) is 9.93. The molecule has 0 aliphatic carbocycles. The quantitative estimate of drug-likeness (QED) is 0.0357. The molecule has 0 aliphatic rings. The fraction of sp³-hybridized carbons (Fsp3) is 0.984. The Hall–Kier alpha value is -0.500. The van der Waals surface area contributed by atoms with Gasteiger partial charge in [0.25, 0.3) is 7.82 Å². The fourth-order valence-corrected chi connectivity index (χ4v) is 10.7. The number of likely N-dealkylation sites (N-methyl/N-ethyl adjacent to an activating group) is 1. The van der Waals surface area contributed by atoms with E-state index in [2.05, 4.69) is 19.2 Å². The molecule has 0 spiro atoms. The standard InChI is InChI=1S/C61H125N2O6P/c1-6-8-10-12-14-16-18-19-20-21-22-23-24-25-26-27-28-29-30-31-32-33-34-35-36-37-38-39-40-41-42-43-45-47-49-51-53-55-61(65)62-59(58-69-70(66,67)68-57-56-63(3,4)5)60(64)54-52-50-48-46-44-17-15-13-11-9-7-2/h59-60,64H,6-58H2,1-5H3,(H-,62,65,66,67). The minimum absolute atomic E-state index is 0.0162. The van der Waals surface area contributed by atoms with Gasteiger partial charge in [-0.25, -0.2) is 0 Å². The molecule has 0 aliphatic heterocycles. The van der Waals surface area contributed by atoms with Crippen LogP contribution in [0, 0.1) is 0 Å². The molecule has 3 unspecified atom stereocenters. The van der Waals surface area contributed by atoms with E-state index in [-0.39, 0.29) is 19.1 Å². The van der Waals surface area contributed by atoms with E-state index in [0.29, 0.717) is 23.9 Å². The van der Waals surface area contributed by atoms with E-state index < -0.39 is 20.0 Å². The predicted molar refractivity (Wildman–Crippen MR) is 303 cm³/mol. The lowest BCUT2D eigenvalue weighted by molar-refractivity contribution is -0.870. The summed E-state index contributed by atoms with van der Waals surface area (Å²) < 4.78 is 23.4. The van der Waals surface area contributed by atoms with Gasteiger partial charge in [-0.2, -0.15) is 0 Å². The van der Waals surface area contributed by atoms with E-state index in [0.717, 1.165) is 38.5 Å². The van der Waals surface area contributed by atoms with Gasteiger partial charge in [0, 0.05) is 6.42 Å². The van der Waals surface area contributed by atoms with E-state index in [1.807, 2.05) is 21.1 Å². The second-order valence-electron chi connectivity index (χ2n) is 23.1. The van der Waals surface area contributed by atoms with Crippen molar-refractivity contribution in [3.63, 3.8) is 0 Å². The summed E-state index contributed by atoms with van der Waals surface area (Å²) in [4.78, 5) is 25.5. The summed E-state index contributed by atoms with van der Waals surface area (Å²) in [6, 6.07) is -0.794. The number of phosphoric ester groups is 1. The first-order chi connectivity index (χ1) is 34.0. The van der Waals surface area contributed by atoms with Crippen LogP contribution in [0.3, 0.4) is 0 Å². The Morgan fingerprint density at radius 2 is 0.700 bits per heavy atom. The molecule has 1 amide bonds. The van der Waals surface area contributed by atoms with Crippen molar-refractivity contribution < 1.29 is 32.9 Å². The van der Waals surface area contributed by atoms with Gasteiger partial charge in [0.15, 0.2) is 0 Å². The van der Waals surface area contributed by atoms with Crippen LogP contribution in [0.15, 0.2) is 0 Å². The maximum absolute atomic E-state index is 13.0. The summed E-state index contributed by atoms with van der Waals surface area (Å²) in [6.07, 6.45) is 64.7. The van der Waals surface area contributed by atoms with Crippen molar-refractivity contribution in [2.24, 2.45) is 0 Å². The van der Waals surface area contributed by atoms with Crippen LogP contribution in [-0.2, 0) is 18.4 Å². The van der Waals surface area contributed by atoms with E-state index in [1.165, 1.54) is 270 Å². The van der Waals surface area contributed by atoms with Crippen molar-refractivity contribution in [1.29, 1.82) is 0 Å². The normalized spacial score (nSPS) is 13.8. The molecule has 9 heteroatoms. The molecule has 0 bridgehead atoms. The Labute approximate surface area is 438 Å². The minimum Gasteiger partial charge on any atom is -0.756 e. The van der Waals surface area contributed by atoms with Crippen molar-refractivity contribution in [2.45, 2.75) is 347 Å². The molecular weight excluding hydrogens is 888 g/mol. The Bertz CT molecular complexity index is 1100. The highest BCUT2D eigenvalue weighted by molar-refractivity contribution is 7.45. The second kappa shape index (κ2) is 53.3. The lowest BCUT2D eigenvalue weighted by Crippen LogP contribution is -2.46. The molecule has 0 saturated heterocycles. The lowest BCUT2D eigenvalue weighted by atomic mass is 10.0. The molecule has 3 atom stereocenters. The summed E-state index contributed by atoms with van der Waals surface area (Å²) in [5.41, 5.74) is 0. The Balaban J connectivity index is 3.79. The molecule has 0 aromatic rings. The predicted octanol–water partition coefficient (Wildman–Crippen LogP) is 18.6. The highest BCUT2D eigenvalue weighted by Crippen LogP contribution is 2.38. The molecule has 0 saturated carbocycles. The van der Waals surface area contributed by atoms with E-state index in [1.54, 1.807) is 0 Å². The van der Waals surface area contributed by atoms with Gasteiger partial charge in [0.2, 0.25) is 5.91 Å². The number of carbonyl (C=O) groups is 1. The largest absolute Gasteiger partial charge is 0.756 e. The first-order valence-electron chi connectivity index (χ1n) is 31.4. The number of carbonyl (C=O) groups excluding carboxylic acids is 1. The number of unbranched alkanes of at least 4 members (excludes halogenated alkanes) is 46. The van der Waals surface area contributed by atoms with Gasteiger partial charge in [0.05, 0.1) is 39.9 Å². The van der Waals surface area contributed by atoms with Gasteiger partial charge in [-0.1, -0.05) is 316 Å². The number of hydrogen-bond donors (Lipinski definition) is 2. The van der Waals surface area contributed by atoms with E-state index in [9.17, 15) is 19.4 Å². The number of aliphatic hydroxyl groups excluding tert-OH is 1. The number of amides is 1. The highest BCUT2D eigenvalue weighted by Gasteiger charge is 2.24. The monoisotopic (exact) mass is 1010 g/mol. The van der Waals surface area contributed by atoms with Crippen molar-refractivity contribution in [1.82, 2.24) is 5.32 Å². The molecule has 70 heavy (non-hydrogen) atoms. The summed E-state index contributed by atoms with van der Waals surface area (Å²) >= 11 is 0. The van der Waals surface area contributed by atoms with Crippen molar-refractivity contribution >= 4 is 13.7 Å². The summed E-state index contributed by atoms with van der Waals surface area (Å²) in [5, 5.41) is 14.0. The molecule has 2 N–H and O–H groups in total. The zero-order chi connectivity index (χ0) is 51.3. The number of phosphoric acid groups is 1. The van der Waals surface area contributed by atoms with Crippen molar-refractivity contribution in [3.05, 3.63) is 0 Å². The number of nitrogens with zero attached hydrogens (tertiary/aromatic N) is 1. The van der Waals surface area contributed by atoms with Crippen LogP contribution in [0.1, 0.15) is 335 Å². The summed E-state index contributed by atoms with van der Waals surface area (Å²) in [6.45, 7) is 4.76. The maximum Gasteiger partial charge on any atom is 0.268 e. The van der Waals surface area contributed by atoms with Crippen molar-refractivity contribution in [3.8, 4) is 0 Å². The van der Waals surface area contributed by atoms with Gasteiger partial charge in [-0.3, -0.25) is 9.36 Å². The smallest absolute Gasteiger partial charge is 0.268 e. The molecule has 0 heterocycles. The van der Waals surface area contributed by atoms with Gasteiger partial charge in [-0.15, -0.1) is 0 Å². The average Bonchev–Trinajstić information content (AvgIpc) is 3.32. The van der Waals surface area contributed by atoms with Crippen LogP contribution in [0.4, 0.5) is 0 Å². The van der Waals surface area contributed by atoms with Crippen LogP contribution in [0.5, 0.6) is 0 Å². The first-order valence-corrected chi connectivity index (χ1v) is 32.8. The summed E-state index contributed by atoms with van der Waals surface area (Å²) in [7, 11) is 1.32. The molecule has 0 aromatic carbocycles. The van der Waals surface area contributed by atoms with E-state index in [4.69, 9.17) is 9.05 Å². The molecular formula is C61H125N2O6P. The number of rotatable bonds is 59. The lowest BCUT2D eigenvalue weighted by Gasteiger charge is -2.30. The van der Waals surface area contributed by atoms with Crippen LogP contribution in [0.2, 0.25) is 0 Å². The van der Waals surface area contributed by atoms with Gasteiger partial charge < -0.3 is 28.8 Å². The minimum atomic E-state index is -4.56. The number of nitrogens with one attached hydrogen (secondary N) is 1. The molecule has 0 fully saturated rings. The number of aliphatic hydroxyl groups is 1. The average molecular weight is 1010 g/mol. The third-order valence-electron chi connectivity index (χ3n) is 14.8. The van der Waals surface area contributed by atoms with Crippen LogP contribution in [-0.4, -0.2) is 68.5 Å². The third-order valence-corrected chi connectivity index (χ3v) is 15.8. The first kappa shape index (κ1) is 69.5. The number of hydrogen-bond acceptors (Lipinski definition) is 6. The van der Waals surface area contributed by atoms with Crippen molar-refractivity contribution in [2.75, 3.05) is 40.9 Å². The Morgan fingerprint density at radius 3 is 0.971 bits per heavy atom. The van der Waals surface area contributed by atoms with Gasteiger partial charge >= 0.3 is 0 Å². The molecule has 0 rings (SSSR count). The topological polar surface area (TPSA) is 108 Å². The highest BCUT2D eigenvalue weighted by atomic mass is 31.2. The maximum atomic E-state index is 13.0. The van der Waals surface area contributed by atoms with Gasteiger partial charge in [0.1, 0.15) is 13.2 Å². The van der Waals surface area contributed by atoms with Gasteiger partial charge in [-0.05, 0) is 12.8 Å². The number of quaternary nitrogens is 1. The third kappa shape index (κ3) is 55.3. The zero-order valence-electron chi connectivity index (χ0n) is 48.0. The van der Waals surface area contributed by atoms with E-state index >= 15 is 0 Å². The van der Waals surface area contributed by atoms with Crippen LogP contribution >= 0.6 is 7.82 Å². The zero-order valence-corrected chi connectivity index (χ0v) is 48.9. The SMILES string of the molecule is CCCCCCCCCCCCCCCCCCCCCCCCCCCCCCCCCCCCCCCC(=O)NC(COP(=O)([O-])OCC[N+](C)(C)C)C(O)CCCCCCCCCCCCC. The van der Waals surface area contributed by atoms with Crippen LogP contribution < -0.4 is 10.2 Å². The second-order valence-corrected chi connectivity index (χ2v) is 24.5. The molecule has 420 valence electrons. The molecule has 0 aromatic heterocycles. The molecule has 8 nitrogen and oxygen atoms in total. The summed E-state index contributed by atoms with van der Waals surface area (Å²) in [5.74, 6) is -0.158. The Morgan fingerprint density at radius 1 is 0.443 bits per heavy atom.